The molecule has 5 heteroatoms. The minimum absolute atomic E-state index is 0.0280. The molecule has 3 heterocycles. The molecule has 1 spiro atoms. The van der Waals surface area contributed by atoms with Gasteiger partial charge in [0.1, 0.15) is 11.4 Å². The maximum absolute atomic E-state index is 11.5. The van der Waals surface area contributed by atoms with E-state index in [0.29, 0.717) is 0 Å². The molecule has 2 fully saturated rings. The van der Waals surface area contributed by atoms with Crippen molar-refractivity contribution in [1.29, 1.82) is 0 Å². The summed E-state index contributed by atoms with van der Waals surface area (Å²) in [6.45, 7) is 2.35. The van der Waals surface area contributed by atoms with Gasteiger partial charge in [0, 0.05) is 30.8 Å². The van der Waals surface area contributed by atoms with Crippen molar-refractivity contribution in [3.8, 4) is 16.9 Å². The Morgan fingerprint density at radius 2 is 1.96 bits per heavy atom. The molecule has 1 aromatic carbocycles. The van der Waals surface area contributed by atoms with Crippen LogP contribution in [0.1, 0.15) is 44.1 Å². The van der Waals surface area contributed by atoms with Gasteiger partial charge < -0.3 is 9.64 Å². The second-order valence-electron chi connectivity index (χ2n) is 8.06. The lowest BCUT2D eigenvalue weighted by atomic mass is 9.81. The minimum Gasteiger partial charge on any atom is -0.487 e. The monoisotopic (exact) mass is 351 g/mol. The lowest BCUT2D eigenvalue weighted by molar-refractivity contribution is -0.0336. The van der Waals surface area contributed by atoms with Gasteiger partial charge in [0.25, 0.3) is 5.56 Å². The van der Waals surface area contributed by atoms with Crippen molar-refractivity contribution in [3.63, 3.8) is 0 Å². The van der Waals surface area contributed by atoms with E-state index < -0.39 is 0 Å². The van der Waals surface area contributed by atoms with E-state index in [9.17, 15) is 4.79 Å². The van der Waals surface area contributed by atoms with E-state index in [4.69, 9.17) is 4.74 Å². The number of nitrogens with zero attached hydrogens (tertiary/aromatic N) is 2. The Morgan fingerprint density at radius 3 is 2.69 bits per heavy atom. The largest absolute Gasteiger partial charge is 0.487 e. The van der Waals surface area contributed by atoms with Crippen molar-refractivity contribution in [3.05, 3.63) is 46.4 Å². The number of hydrogen-bond donors (Lipinski definition) is 1. The van der Waals surface area contributed by atoms with Crippen molar-refractivity contribution in [2.75, 3.05) is 13.1 Å². The zero-order chi connectivity index (χ0) is 17.6. The molecule has 1 N–H and O–H groups in total. The van der Waals surface area contributed by atoms with Gasteiger partial charge in [0.05, 0.1) is 6.20 Å². The number of aromatic amines is 1. The van der Waals surface area contributed by atoms with Crippen molar-refractivity contribution in [2.24, 2.45) is 0 Å². The Kier molecular flexibility index (Phi) is 3.85. The van der Waals surface area contributed by atoms with Crippen LogP contribution in [0.15, 0.2) is 35.3 Å². The summed E-state index contributed by atoms with van der Waals surface area (Å²) in [5.74, 6) is 1.02. The highest BCUT2D eigenvalue weighted by atomic mass is 16.5. The Hall–Kier alpha value is -2.14. The van der Waals surface area contributed by atoms with Crippen molar-refractivity contribution >= 4 is 0 Å². The molecule has 1 saturated heterocycles. The van der Waals surface area contributed by atoms with Crippen LogP contribution in [-0.2, 0) is 6.42 Å². The van der Waals surface area contributed by atoms with Gasteiger partial charge in [-0.15, -0.1) is 0 Å². The van der Waals surface area contributed by atoms with E-state index in [1.54, 1.807) is 12.3 Å². The predicted molar refractivity (Wildman–Crippen MR) is 100 cm³/mol. The molecule has 0 radical (unpaired) electrons. The Balaban J connectivity index is 1.33. The first-order valence-corrected chi connectivity index (χ1v) is 9.82. The summed E-state index contributed by atoms with van der Waals surface area (Å²) in [7, 11) is 0. The highest BCUT2D eigenvalue weighted by Gasteiger charge is 2.41. The highest BCUT2D eigenvalue weighted by Crippen LogP contribution is 2.41. The molecule has 0 atom stereocenters. The third-order valence-corrected chi connectivity index (χ3v) is 6.54. The number of ether oxygens (including phenoxy) is 1. The SMILES string of the molecule is O=c1cc(-c2ccc3c(c2)CCC2(CCN(C4CCC4)CC2)O3)cn[nH]1. The Labute approximate surface area is 153 Å². The quantitative estimate of drug-likeness (QED) is 0.903. The molecule has 0 bridgehead atoms. The molecule has 2 aliphatic heterocycles. The second kappa shape index (κ2) is 6.23. The Morgan fingerprint density at radius 1 is 1.12 bits per heavy atom. The lowest BCUT2D eigenvalue weighted by Crippen LogP contribution is -2.53. The first-order chi connectivity index (χ1) is 12.7. The number of aryl methyl sites for hydroxylation is 1. The van der Waals surface area contributed by atoms with Crippen molar-refractivity contribution in [2.45, 2.75) is 56.6 Å². The van der Waals surface area contributed by atoms with Gasteiger partial charge in [0.2, 0.25) is 0 Å². The van der Waals surface area contributed by atoms with Gasteiger partial charge in [0.15, 0.2) is 0 Å². The number of fused-ring (bicyclic) bond motifs is 1. The van der Waals surface area contributed by atoms with Crippen LogP contribution in [0.3, 0.4) is 0 Å². The smallest absolute Gasteiger partial charge is 0.264 e. The molecule has 1 aromatic heterocycles. The molecule has 1 saturated carbocycles. The van der Waals surface area contributed by atoms with E-state index in [0.717, 1.165) is 48.6 Å². The molecular formula is C21H25N3O2. The molecule has 2 aromatic rings. The van der Waals surface area contributed by atoms with E-state index >= 15 is 0 Å². The summed E-state index contributed by atoms with van der Waals surface area (Å²) < 4.78 is 6.54. The number of rotatable bonds is 2. The molecule has 5 nitrogen and oxygen atoms in total. The average Bonchev–Trinajstić information content (AvgIpc) is 2.62. The van der Waals surface area contributed by atoms with Gasteiger partial charge in [-0.05, 0) is 61.8 Å². The number of H-pyrrole nitrogens is 1. The van der Waals surface area contributed by atoms with E-state index in [2.05, 4.69) is 27.2 Å². The van der Waals surface area contributed by atoms with Crippen LogP contribution < -0.4 is 10.3 Å². The third kappa shape index (κ3) is 2.84. The van der Waals surface area contributed by atoms with Gasteiger partial charge in [-0.1, -0.05) is 12.5 Å². The predicted octanol–water partition coefficient (Wildman–Crippen LogP) is 3.15. The first-order valence-electron chi connectivity index (χ1n) is 9.82. The van der Waals surface area contributed by atoms with Crippen LogP contribution in [0, 0.1) is 0 Å². The standard InChI is InChI=1S/C21H25N3O2/c25-20-13-17(14-22-23-20)15-4-5-19-16(12-15)6-7-21(26-19)8-10-24(11-9-21)18-2-1-3-18/h4-5,12-14,18H,1-3,6-11H2,(H,23,25). The summed E-state index contributed by atoms with van der Waals surface area (Å²) in [5, 5.41) is 6.33. The number of nitrogens with one attached hydrogen (secondary N) is 1. The first kappa shape index (κ1) is 16.1. The second-order valence-corrected chi connectivity index (χ2v) is 8.06. The number of aromatic nitrogens is 2. The number of piperidine rings is 1. The van der Waals surface area contributed by atoms with Crippen LogP contribution >= 0.6 is 0 Å². The molecule has 136 valence electrons. The molecule has 0 amide bonds. The van der Waals surface area contributed by atoms with Crippen LogP contribution in [0.5, 0.6) is 5.75 Å². The highest BCUT2D eigenvalue weighted by molar-refractivity contribution is 5.64. The van der Waals surface area contributed by atoms with E-state index in [1.807, 2.05) is 6.07 Å². The zero-order valence-electron chi connectivity index (χ0n) is 15.0. The van der Waals surface area contributed by atoms with Crippen molar-refractivity contribution in [1.82, 2.24) is 15.1 Å². The maximum Gasteiger partial charge on any atom is 0.264 e. The third-order valence-electron chi connectivity index (χ3n) is 6.54. The summed E-state index contributed by atoms with van der Waals surface area (Å²) in [4.78, 5) is 14.2. The summed E-state index contributed by atoms with van der Waals surface area (Å²) >= 11 is 0. The number of likely N-dealkylation sites (tertiary alicyclic amines) is 1. The van der Waals surface area contributed by atoms with Gasteiger partial charge in [-0.25, -0.2) is 5.10 Å². The summed E-state index contributed by atoms with van der Waals surface area (Å²) in [6, 6.07) is 8.70. The number of hydrogen-bond acceptors (Lipinski definition) is 4. The lowest BCUT2D eigenvalue weighted by Gasteiger charge is -2.48. The van der Waals surface area contributed by atoms with Gasteiger partial charge in [-0.2, -0.15) is 5.10 Å². The minimum atomic E-state index is -0.173. The average molecular weight is 351 g/mol. The maximum atomic E-state index is 11.5. The molecule has 1 aliphatic carbocycles. The van der Waals surface area contributed by atoms with Gasteiger partial charge >= 0.3 is 0 Å². The molecule has 26 heavy (non-hydrogen) atoms. The fraction of sp³-hybridized carbons (Fsp3) is 0.524. The van der Waals surface area contributed by atoms with Crippen LogP contribution in [-0.4, -0.2) is 39.8 Å². The van der Waals surface area contributed by atoms with Crippen LogP contribution in [0.2, 0.25) is 0 Å². The molecule has 0 unspecified atom stereocenters. The Bertz CT molecular complexity index is 864. The summed E-state index contributed by atoms with van der Waals surface area (Å²) in [6.07, 6.45) is 10.3. The van der Waals surface area contributed by atoms with Crippen molar-refractivity contribution < 1.29 is 4.74 Å². The van der Waals surface area contributed by atoms with E-state index in [-0.39, 0.29) is 11.2 Å². The van der Waals surface area contributed by atoms with Crippen LogP contribution in [0.25, 0.3) is 11.1 Å². The molecule has 5 rings (SSSR count). The topological polar surface area (TPSA) is 58.2 Å². The fourth-order valence-corrected chi connectivity index (χ4v) is 4.64. The van der Waals surface area contributed by atoms with Gasteiger partial charge in [-0.3, -0.25) is 4.79 Å². The van der Waals surface area contributed by atoms with Crippen LogP contribution in [0.4, 0.5) is 0 Å². The van der Waals surface area contributed by atoms with E-state index in [1.165, 1.54) is 37.9 Å². The molecular weight excluding hydrogens is 326 g/mol. The number of benzene rings is 1. The normalized spacial score (nSPS) is 22.5. The fourth-order valence-electron chi connectivity index (χ4n) is 4.64. The summed E-state index contributed by atoms with van der Waals surface area (Å²) in [5.41, 5.74) is 2.98. The molecule has 3 aliphatic rings. The zero-order valence-corrected chi connectivity index (χ0v) is 15.0.